The molecule has 0 spiro atoms. The zero-order valence-corrected chi connectivity index (χ0v) is 9.12. The molecule has 1 aromatic rings. The highest BCUT2D eigenvalue weighted by Gasteiger charge is 1.95. The van der Waals surface area contributed by atoms with Gasteiger partial charge in [0.15, 0.2) is 0 Å². The molecule has 0 saturated heterocycles. The van der Waals surface area contributed by atoms with Gasteiger partial charge in [0.2, 0.25) is 0 Å². The fourth-order valence-electron chi connectivity index (χ4n) is 1.24. The van der Waals surface area contributed by atoms with Crippen LogP contribution in [0.3, 0.4) is 0 Å². The molecular weight excluding hydrogens is 186 g/mol. The minimum Gasteiger partial charge on any atom is -0.494 e. The maximum absolute atomic E-state index is 5.53. The van der Waals surface area contributed by atoms with Gasteiger partial charge in [0.05, 0.1) is 13.2 Å². The van der Waals surface area contributed by atoms with E-state index in [-0.39, 0.29) is 0 Å². The fraction of sp³-hybridized carbons (Fsp3) is 0.385. The van der Waals surface area contributed by atoms with E-state index in [9.17, 15) is 0 Å². The molecule has 0 amide bonds. The number of hydrogen-bond donors (Lipinski definition) is 1. The molecular formula is C13H17NO. The summed E-state index contributed by atoms with van der Waals surface area (Å²) in [4.78, 5) is 0. The van der Waals surface area contributed by atoms with Gasteiger partial charge in [-0.3, -0.25) is 0 Å². The first-order chi connectivity index (χ1) is 7.36. The number of ether oxygens (including phenoxy) is 1. The Hall–Kier alpha value is -1.46. The van der Waals surface area contributed by atoms with Crippen LogP contribution in [0.15, 0.2) is 24.3 Å². The van der Waals surface area contributed by atoms with E-state index >= 15 is 0 Å². The molecule has 1 rings (SSSR count). The summed E-state index contributed by atoms with van der Waals surface area (Å²) in [6.45, 7) is 4.24. The molecule has 80 valence electrons. The number of hydrogen-bond acceptors (Lipinski definition) is 2. The van der Waals surface area contributed by atoms with Crippen LogP contribution < -0.4 is 10.1 Å². The SMILES string of the molecule is C#CCNCc1cccc(OCCC)c1. The molecule has 0 aromatic heterocycles. The summed E-state index contributed by atoms with van der Waals surface area (Å²) < 4.78 is 5.53. The smallest absolute Gasteiger partial charge is 0.119 e. The molecule has 0 atom stereocenters. The highest BCUT2D eigenvalue weighted by molar-refractivity contribution is 5.28. The van der Waals surface area contributed by atoms with Crippen LogP contribution in [0.2, 0.25) is 0 Å². The average molecular weight is 203 g/mol. The predicted molar refractivity (Wildman–Crippen MR) is 62.8 cm³/mol. The maximum atomic E-state index is 5.53. The van der Waals surface area contributed by atoms with Crippen LogP contribution in [0.25, 0.3) is 0 Å². The van der Waals surface area contributed by atoms with E-state index in [2.05, 4.69) is 24.2 Å². The third-order valence-electron chi connectivity index (χ3n) is 1.93. The lowest BCUT2D eigenvalue weighted by atomic mass is 10.2. The molecule has 1 N–H and O–H groups in total. The molecule has 2 heteroatoms. The number of benzene rings is 1. The molecule has 0 fully saturated rings. The van der Waals surface area contributed by atoms with Crippen molar-refractivity contribution in [2.75, 3.05) is 13.2 Å². The molecule has 0 aliphatic rings. The van der Waals surface area contributed by atoms with Gasteiger partial charge in [0.1, 0.15) is 5.75 Å². The highest BCUT2D eigenvalue weighted by Crippen LogP contribution is 2.13. The molecule has 1 aromatic carbocycles. The van der Waals surface area contributed by atoms with Crippen molar-refractivity contribution in [2.45, 2.75) is 19.9 Å². The number of nitrogens with one attached hydrogen (secondary N) is 1. The highest BCUT2D eigenvalue weighted by atomic mass is 16.5. The van der Waals surface area contributed by atoms with Gasteiger partial charge < -0.3 is 10.1 Å². The summed E-state index contributed by atoms with van der Waals surface area (Å²) in [5.41, 5.74) is 1.19. The van der Waals surface area contributed by atoms with Crippen LogP contribution in [-0.4, -0.2) is 13.2 Å². The Balaban J connectivity index is 2.47. The Labute approximate surface area is 91.6 Å². The van der Waals surface area contributed by atoms with E-state index in [4.69, 9.17) is 11.2 Å². The van der Waals surface area contributed by atoms with Crippen molar-refractivity contribution in [3.8, 4) is 18.1 Å². The van der Waals surface area contributed by atoms with E-state index in [0.29, 0.717) is 6.54 Å². The average Bonchev–Trinajstić information content (AvgIpc) is 2.27. The minimum absolute atomic E-state index is 0.597. The van der Waals surface area contributed by atoms with Gasteiger partial charge in [0, 0.05) is 6.54 Å². The molecule has 0 radical (unpaired) electrons. The first kappa shape index (κ1) is 11.6. The van der Waals surface area contributed by atoms with Crippen LogP contribution in [0.1, 0.15) is 18.9 Å². The van der Waals surface area contributed by atoms with Gasteiger partial charge >= 0.3 is 0 Å². The lowest BCUT2D eigenvalue weighted by Gasteiger charge is -2.06. The summed E-state index contributed by atoms with van der Waals surface area (Å²) in [5, 5.41) is 3.14. The molecule has 2 nitrogen and oxygen atoms in total. The maximum Gasteiger partial charge on any atom is 0.119 e. The second-order valence-corrected chi connectivity index (χ2v) is 3.30. The molecule has 0 heterocycles. The lowest BCUT2D eigenvalue weighted by molar-refractivity contribution is 0.317. The van der Waals surface area contributed by atoms with Crippen molar-refractivity contribution >= 4 is 0 Å². The van der Waals surface area contributed by atoms with E-state index in [1.807, 2.05) is 18.2 Å². The first-order valence-corrected chi connectivity index (χ1v) is 5.22. The largest absolute Gasteiger partial charge is 0.494 e. The van der Waals surface area contributed by atoms with Crippen LogP contribution in [-0.2, 0) is 6.54 Å². The third kappa shape index (κ3) is 4.53. The van der Waals surface area contributed by atoms with Crippen LogP contribution in [0.4, 0.5) is 0 Å². The predicted octanol–water partition coefficient (Wildman–Crippen LogP) is 2.20. The van der Waals surface area contributed by atoms with Crippen molar-refractivity contribution in [3.63, 3.8) is 0 Å². The Kier molecular flexibility index (Phi) is 5.35. The van der Waals surface area contributed by atoms with E-state index < -0.39 is 0 Å². The molecule has 15 heavy (non-hydrogen) atoms. The molecule has 0 unspecified atom stereocenters. The van der Waals surface area contributed by atoms with E-state index in [1.165, 1.54) is 5.56 Å². The van der Waals surface area contributed by atoms with Gasteiger partial charge in [-0.25, -0.2) is 0 Å². The molecule has 0 bridgehead atoms. The minimum atomic E-state index is 0.597. The van der Waals surface area contributed by atoms with Crippen molar-refractivity contribution in [1.82, 2.24) is 5.32 Å². The Morgan fingerprint density at radius 3 is 3.07 bits per heavy atom. The van der Waals surface area contributed by atoms with Gasteiger partial charge in [-0.15, -0.1) is 6.42 Å². The Morgan fingerprint density at radius 1 is 1.47 bits per heavy atom. The second kappa shape index (κ2) is 6.92. The topological polar surface area (TPSA) is 21.3 Å². The van der Waals surface area contributed by atoms with E-state index in [0.717, 1.165) is 25.3 Å². The van der Waals surface area contributed by atoms with Gasteiger partial charge in [-0.05, 0) is 24.1 Å². The molecule has 0 saturated carbocycles. The third-order valence-corrected chi connectivity index (χ3v) is 1.93. The van der Waals surface area contributed by atoms with Crippen molar-refractivity contribution in [3.05, 3.63) is 29.8 Å². The Bertz CT molecular complexity index is 328. The van der Waals surface area contributed by atoms with E-state index in [1.54, 1.807) is 0 Å². The van der Waals surface area contributed by atoms with Crippen LogP contribution in [0, 0.1) is 12.3 Å². The van der Waals surface area contributed by atoms with Gasteiger partial charge in [0.25, 0.3) is 0 Å². The molecule has 0 aliphatic heterocycles. The molecule has 0 aliphatic carbocycles. The zero-order valence-electron chi connectivity index (χ0n) is 9.12. The van der Waals surface area contributed by atoms with Crippen molar-refractivity contribution in [2.24, 2.45) is 0 Å². The fourth-order valence-corrected chi connectivity index (χ4v) is 1.24. The first-order valence-electron chi connectivity index (χ1n) is 5.22. The summed E-state index contributed by atoms with van der Waals surface area (Å²) in [6, 6.07) is 8.07. The summed E-state index contributed by atoms with van der Waals surface area (Å²) in [5.74, 6) is 3.47. The summed E-state index contributed by atoms with van der Waals surface area (Å²) in [6.07, 6.45) is 6.18. The second-order valence-electron chi connectivity index (χ2n) is 3.30. The standard InChI is InChI=1S/C13H17NO/c1-3-8-14-11-12-6-5-7-13(10-12)15-9-4-2/h1,5-7,10,14H,4,8-9,11H2,2H3. The number of terminal acetylenes is 1. The van der Waals surface area contributed by atoms with Gasteiger partial charge in [-0.2, -0.15) is 0 Å². The quantitative estimate of drug-likeness (QED) is 0.565. The zero-order chi connectivity index (χ0) is 10.9. The van der Waals surface area contributed by atoms with Crippen LogP contribution in [0.5, 0.6) is 5.75 Å². The number of rotatable bonds is 6. The van der Waals surface area contributed by atoms with Crippen molar-refractivity contribution in [1.29, 1.82) is 0 Å². The van der Waals surface area contributed by atoms with Crippen molar-refractivity contribution < 1.29 is 4.74 Å². The normalized spacial score (nSPS) is 9.60. The summed E-state index contributed by atoms with van der Waals surface area (Å²) >= 11 is 0. The summed E-state index contributed by atoms with van der Waals surface area (Å²) in [7, 11) is 0. The monoisotopic (exact) mass is 203 g/mol. The Morgan fingerprint density at radius 2 is 2.33 bits per heavy atom. The lowest BCUT2D eigenvalue weighted by Crippen LogP contribution is -2.12. The van der Waals surface area contributed by atoms with Crippen LogP contribution >= 0.6 is 0 Å². The van der Waals surface area contributed by atoms with Gasteiger partial charge in [-0.1, -0.05) is 25.0 Å².